The fraction of sp³-hybridized carbons (Fsp3) is 0.267. The van der Waals surface area contributed by atoms with Gasteiger partial charge in [-0.1, -0.05) is 13.8 Å². The first-order valence-corrected chi connectivity index (χ1v) is 7.14. The van der Waals surface area contributed by atoms with Crippen molar-refractivity contribution in [2.75, 3.05) is 0 Å². The van der Waals surface area contributed by atoms with Crippen molar-refractivity contribution in [2.45, 2.75) is 26.4 Å². The predicted octanol–water partition coefficient (Wildman–Crippen LogP) is 4.27. The maximum atomic E-state index is 13.1. The molecule has 0 fully saturated rings. The highest BCUT2D eigenvalue weighted by Crippen LogP contribution is 2.31. The van der Waals surface area contributed by atoms with Gasteiger partial charge in [-0.05, 0) is 40.2 Å². The first-order chi connectivity index (χ1) is 9.56. The molecule has 0 atom stereocenters. The molecule has 0 aliphatic rings. The molecule has 0 aliphatic carbocycles. The van der Waals surface area contributed by atoms with Crippen LogP contribution in [0.2, 0.25) is 0 Å². The fourth-order valence-corrected chi connectivity index (χ4v) is 2.07. The summed E-state index contributed by atoms with van der Waals surface area (Å²) in [6.45, 7) is 4.82. The van der Waals surface area contributed by atoms with Crippen molar-refractivity contribution in [1.29, 1.82) is 0 Å². The van der Waals surface area contributed by atoms with Gasteiger partial charge in [0.05, 0.1) is 4.47 Å². The molecule has 0 saturated carbocycles. The molecule has 1 heterocycles. The molecule has 0 amide bonds. The summed E-state index contributed by atoms with van der Waals surface area (Å²) in [6.07, 6.45) is 3.44. The third-order valence-electron chi connectivity index (χ3n) is 2.67. The van der Waals surface area contributed by atoms with Crippen LogP contribution in [0.25, 0.3) is 0 Å². The first kappa shape index (κ1) is 14.9. The lowest BCUT2D eigenvalue weighted by Gasteiger charge is -2.13. The monoisotopic (exact) mass is 338 g/mol. The lowest BCUT2D eigenvalue weighted by atomic mass is 10.2. The zero-order valence-corrected chi connectivity index (χ0v) is 12.9. The normalized spacial score (nSPS) is 10.8. The van der Waals surface area contributed by atoms with E-state index in [1.165, 1.54) is 12.1 Å². The Kier molecular flexibility index (Phi) is 5.09. The van der Waals surface area contributed by atoms with Crippen LogP contribution < -0.4 is 10.1 Å². The van der Waals surface area contributed by atoms with E-state index in [-0.39, 0.29) is 5.82 Å². The van der Waals surface area contributed by atoms with Gasteiger partial charge < -0.3 is 10.1 Å². The first-order valence-electron chi connectivity index (χ1n) is 6.35. The van der Waals surface area contributed by atoms with Gasteiger partial charge in [0.25, 0.3) is 0 Å². The Morgan fingerprint density at radius 3 is 2.80 bits per heavy atom. The minimum Gasteiger partial charge on any atom is -0.456 e. The minimum atomic E-state index is -0.305. The smallest absolute Gasteiger partial charge is 0.141 e. The molecule has 3 nitrogen and oxygen atoms in total. The van der Waals surface area contributed by atoms with Crippen molar-refractivity contribution in [3.05, 3.63) is 52.5 Å². The predicted molar refractivity (Wildman–Crippen MR) is 80.4 cm³/mol. The maximum Gasteiger partial charge on any atom is 0.141 e. The summed E-state index contributed by atoms with van der Waals surface area (Å²) in [7, 11) is 0. The number of ether oxygens (including phenoxy) is 1. The largest absolute Gasteiger partial charge is 0.456 e. The maximum absolute atomic E-state index is 13.1. The van der Waals surface area contributed by atoms with E-state index in [4.69, 9.17) is 4.74 Å². The number of rotatable bonds is 5. The van der Waals surface area contributed by atoms with Crippen LogP contribution in [0.4, 0.5) is 4.39 Å². The summed E-state index contributed by atoms with van der Waals surface area (Å²) in [6, 6.07) is 6.52. The van der Waals surface area contributed by atoms with Gasteiger partial charge >= 0.3 is 0 Å². The topological polar surface area (TPSA) is 34.2 Å². The highest BCUT2D eigenvalue weighted by molar-refractivity contribution is 9.10. The highest BCUT2D eigenvalue weighted by atomic mass is 79.9. The molecule has 0 radical (unpaired) electrons. The Bertz CT molecular complexity index is 590. The Morgan fingerprint density at radius 1 is 1.30 bits per heavy atom. The van der Waals surface area contributed by atoms with Crippen LogP contribution in [-0.4, -0.2) is 11.0 Å². The van der Waals surface area contributed by atoms with Crippen LogP contribution in [0.3, 0.4) is 0 Å². The zero-order valence-electron chi connectivity index (χ0n) is 11.4. The van der Waals surface area contributed by atoms with Crippen LogP contribution >= 0.6 is 15.9 Å². The average Bonchev–Trinajstić information content (AvgIpc) is 2.41. The molecule has 20 heavy (non-hydrogen) atoms. The van der Waals surface area contributed by atoms with Crippen LogP contribution in [0.1, 0.15) is 19.4 Å². The highest BCUT2D eigenvalue weighted by Gasteiger charge is 2.08. The lowest BCUT2D eigenvalue weighted by Crippen LogP contribution is -2.22. The van der Waals surface area contributed by atoms with Crippen LogP contribution in [0, 0.1) is 5.82 Å². The van der Waals surface area contributed by atoms with E-state index in [9.17, 15) is 4.39 Å². The average molecular weight is 339 g/mol. The Hall–Kier alpha value is -1.46. The molecular weight excluding hydrogens is 323 g/mol. The Morgan fingerprint density at radius 2 is 2.10 bits per heavy atom. The molecule has 1 N–H and O–H groups in total. The SMILES string of the molecule is CC(C)NCc1cnccc1Oc1ccc(F)cc1Br. The quantitative estimate of drug-likeness (QED) is 0.883. The van der Waals surface area contributed by atoms with Gasteiger partial charge in [0.15, 0.2) is 0 Å². The standard InChI is InChI=1S/C15H16BrFN2O/c1-10(2)19-9-11-8-18-6-5-14(11)20-15-4-3-12(17)7-13(15)16/h3-8,10,19H,9H2,1-2H3. The second-order valence-electron chi connectivity index (χ2n) is 4.70. The summed E-state index contributed by atoms with van der Waals surface area (Å²) in [5, 5.41) is 3.32. The molecule has 1 aromatic carbocycles. The Balaban J connectivity index is 2.20. The van der Waals surface area contributed by atoms with Crippen molar-refractivity contribution >= 4 is 15.9 Å². The number of benzene rings is 1. The van der Waals surface area contributed by atoms with Crippen LogP contribution in [0.5, 0.6) is 11.5 Å². The van der Waals surface area contributed by atoms with E-state index in [1.807, 2.05) is 0 Å². The second-order valence-corrected chi connectivity index (χ2v) is 5.55. The summed E-state index contributed by atoms with van der Waals surface area (Å²) in [5.74, 6) is 0.976. The number of hydrogen-bond donors (Lipinski definition) is 1. The molecule has 106 valence electrons. The summed E-state index contributed by atoms with van der Waals surface area (Å²) in [5.41, 5.74) is 0.956. The van der Waals surface area contributed by atoms with Crippen molar-refractivity contribution in [1.82, 2.24) is 10.3 Å². The van der Waals surface area contributed by atoms with E-state index in [0.717, 1.165) is 5.56 Å². The molecule has 2 aromatic rings. The summed E-state index contributed by atoms with van der Waals surface area (Å²) >= 11 is 3.30. The lowest BCUT2D eigenvalue weighted by molar-refractivity contribution is 0.464. The molecule has 0 bridgehead atoms. The van der Waals surface area contributed by atoms with Gasteiger partial charge in [-0.2, -0.15) is 0 Å². The number of nitrogens with zero attached hydrogens (tertiary/aromatic N) is 1. The fourth-order valence-electron chi connectivity index (χ4n) is 1.64. The van der Waals surface area contributed by atoms with E-state index in [0.29, 0.717) is 28.6 Å². The summed E-state index contributed by atoms with van der Waals surface area (Å²) < 4.78 is 19.5. The van der Waals surface area contributed by atoms with Gasteiger partial charge in [0.2, 0.25) is 0 Å². The van der Waals surface area contributed by atoms with Gasteiger partial charge in [-0.15, -0.1) is 0 Å². The van der Waals surface area contributed by atoms with Crippen LogP contribution in [0.15, 0.2) is 41.1 Å². The number of nitrogens with one attached hydrogen (secondary N) is 1. The zero-order chi connectivity index (χ0) is 14.5. The molecule has 0 saturated heterocycles. The van der Waals surface area contributed by atoms with E-state index < -0.39 is 0 Å². The third-order valence-corrected chi connectivity index (χ3v) is 3.29. The molecular formula is C15H16BrFN2O. The van der Waals surface area contributed by atoms with Crippen molar-refractivity contribution in [2.24, 2.45) is 0 Å². The van der Waals surface area contributed by atoms with Crippen molar-refractivity contribution in [3.63, 3.8) is 0 Å². The second kappa shape index (κ2) is 6.81. The van der Waals surface area contributed by atoms with E-state index in [2.05, 4.69) is 40.1 Å². The molecule has 0 aliphatic heterocycles. The molecule has 1 aromatic heterocycles. The molecule has 5 heteroatoms. The Labute approximate surface area is 126 Å². The van der Waals surface area contributed by atoms with Gasteiger partial charge in [-0.25, -0.2) is 4.39 Å². The van der Waals surface area contributed by atoms with E-state index >= 15 is 0 Å². The van der Waals surface area contributed by atoms with Crippen molar-refractivity contribution in [3.8, 4) is 11.5 Å². The molecule has 2 rings (SSSR count). The number of pyridine rings is 1. The third kappa shape index (κ3) is 4.02. The van der Waals surface area contributed by atoms with Gasteiger partial charge in [0.1, 0.15) is 17.3 Å². The van der Waals surface area contributed by atoms with E-state index in [1.54, 1.807) is 24.5 Å². The van der Waals surface area contributed by atoms with Gasteiger partial charge in [-0.3, -0.25) is 4.98 Å². The van der Waals surface area contributed by atoms with Crippen molar-refractivity contribution < 1.29 is 9.13 Å². The molecule has 0 spiro atoms. The summed E-state index contributed by atoms with van der Waals surface area (Å²) in [4.78, 5) is 4.11. The number of hydrogen-bond acceptors (Lipinski definition) is 3. The molecule has 0 unspecified atom stereocenters. The number of halogens is 2. The number of aromatic nitrogens is 1. The van der Waals surface area contributed by atoms with Crippen LogP contribution in [-0.2, 0) is 6.54 Å². The minimum absolute atomic E-state index is 0.305. The van der Waals surface area contributed by atoms with Gasteiger partial charge in [0, 0.05) is 30.5 Å².